The van der Waals surface area contributed by atoms with Gasteiger partial charge >= 0.3 is 0 Å². The second-order valence-corrected chi connectivity index (χ2v) is 6.60. The molecule has 0 radical (unpaired) electrons. The maximum atomic E-state index is 12.5. The summed E-state index contributed by atoms with van der Waals surface area (Å²) in [6, 6.07) is 15.1. The van der Waals surface area contributed by atoms with Crippen molar-refractivity contribution >= 4 is 40.5 Å². The van der Waals surface area contributed by atoms with E-state index in [4.69, 9.17) is 23.2 Å². The van der Waals surface area contributed by atoms with Gasteiger partial charge in [0, 0.05) is 10.7 Å². The zero-order valence-electron chi connectivity index (χ0n) is 14.3. The number of halogens is 2. The van der Waals surface area contributed by atoms with Gasteiger partial charge in [0.05, 0.1) is 17.6 Å². The zero-order valence-corrected chi connectivity index (χ0v) is 15.8. The number of aromatic nitrogens is 2. The molecular formula is C19H16Cl2N4O2. The van der Waals surface area contributed by atoms with Gasteiger partial charge in [0.25, 0.3) is 5.56 Å². The number of hydrogen-bond donors (Lipinski definition) is 2. The summed E-state index contributed by atoms with van der Waals surface area (Å²) >= 11 is 12.1. The number of carbonyl (C=O) groups excluding carboxylic acids is 1. The Morgan fingerprint density at radius 3 is 2.41 bits per heavy atom. The van der Waals surface area contributed by atoms with Crippen molar-refractivity contribution in [3.05, 3.63) is 81.2 Å². The molecule has 0 spiro atoms. The molecule has 0 aliphatic heterocycles. The van der Waals surface area contributed by atoms with Gasteiger partial charge in [0.15, 0.2) is 0 Å². The van der Waals surface area contributed by atoms with E-state index in [0.717, 1.165) is 0 Å². The summed E-state index contributed by atoms with van der Waals surface area (Å²) in [6.07, 6.45) is 1.41. The van der Waals surface area contributed by atoms with Crippen LogP contribution in [-0.2, 0) is 4.79 Å². The smallest absolute Gasteiger partial charge is 0.292 e. The van der Waals surface area contributed by atoms with E-state index in [0.29, 0.717) is 16.4 Å². The van der Waals surface area contributed by atoms with Gasteiger partial charge in [0.2, 0.25) is 5.91 Å². The van der Waals surface area contributed by atoms with Crippen LogP contribution in [0, 0.1) is 0 Å². The van der Waals surface area contributed by atoms with Gasteiger partial charge in [-0.05, 0) is 43.3 Å². The number of hydrogen-bond acceptors (Lipinski definition) is 4. The first kappa shape index (κ1) is 18.9. The Morgan fingerprint density at radius 2 is 1.74 bits per heavy atom. The summed E-state index contributed by atoms with van der Waals surface area (Å²) in [7, 11) is 0. The highest BCUT2D eigenvalue weighted by Crippen LogP contribution is 2.19. The third-order valence-electron chi connectivity index (χ3n) is 3.80. The maximum Gasteiger partial charge on any atom is 0.292 e. The van der Waals surface area contributed by atoms with Gasteiger partial charge in [-0.15, -0.1) is 0 Å². The fourth-order valence-electron chi connectivity index (χ4n) is 2.37. The highest BCUT2D eigenvalue weighted by Gasteiger charge is 2.17. The Kier molecular flexibility index (Phi) is 5.78. The van der Waals surface area contributed by atoms with Crippen molar-refractivity contribution in [2.24, 2.45) is 0 Å². The minimum Gasteiger partial charge on any atom is -0.371 e. The Hall–Kier alpha value is -2.83. The van der Waals surface area contributed by atoms with Crippen LogP contribution < -0.4 is 16.2 Å². The average Bonchev–Trinajstić information content (AvgIpc) is 2.67. The van der Waals surface area contributed by atoms with Crippen LogP contribution in [-0.4, -0.2) is 21.7 Å². The standard InChI is InChI=1S/C19H16Cl2N4O2/c1-12(18(26)24-14-5-3-2-4-6-14)23-16-11-22-25(19(27)17(16)21)15-9-7-13(20)8-10-15/h2-12,23H,1H3,(H,24,26). The van der Waals surface area contributed by atoms with Crippen LogP contribution in [0.4, 0.5) is 11.4 Å². The SMILES string of the molecule is CC(Nc1cnn(-c2ccc(Cl)cc2)c(=O)c1Cl)C(=O)Nc1ccccc1. The van der Waals surface area contributed by atoms with E-state index in [-0.39, 0.29) is 16.6 Å². The molecule has 1 aromatic heterocycles. The average molecular weight is 403 g/mol. The summed E-state index contributed by atoms with van der Waals surface area (Å²) in [5.74, 6) is -0.265. The van der Waals surface area contributed by atoms with E-state index in [2.05, 4.69) is 15.7 Å². The normalized spacial score (nSPS) is 11.7. The third-order valence-corrected chi connectivity index (χ3v) is 4.41. The van der Waals surface area contributed by atoms with E-state index in [1.807, 2.05) is 18.2 Å². The first-order valence-electron chi connectivity index (χ1n) is 8.12. The van der Waals surface area contributed by atoms with E-state index >= 15 is 0 Å². The molecule has 27 heavy (non-hydrogen) atoms. The highest BCUT2D eigenvalue weighted by atomic mass is 35.5. The number of para-hydroxylation sites is 1. The van der Waals surface area contributed by atoms with Gasteiger partial charge in [0.1, 0.15) is 11.1 Å². The molecule has 1 heterocycles. The van der Waals surface area contributed by atoms with Gasteiger partial charge in [-0.25, -0.2) is 0 Å². The Labute approximate surface area is 165 Å². The van der Waals surface area contributed by atoms with E-state index in [9.17, 15) is 9.59 Å². The minimum atomic E-state index is -0.629. The molecule has 1 amide bonds. The van der Waals surface area contributed by atoms with Crippen LogP contribution >= 0.6 is 23.2 Å². The van der Waals surface area contributed by atoms with E-state index in [1.54, 1.807) is 43.3 Å². The van der Waals surface area contributed by atoms with Gasteiger partial charge in [-0.2, -0.15) is 9.78 Å². The molecule has 0 fully saturated rings. The molecule has 6 nitrogen and oxygen atoms in total. The molecule has 2 N–H and O–H groups in total. The molecule has 0 aliphatic rings. The molecule has 3 aromatic rings. The quantitative estimate of drug-likeness (QED) is 0.676. The predicted molar refractivity (Wildman–Crippen MR) is 108 cm³/mol. The van der Waals surface area contributed by atoms with Crippen molar-refractivity contribution in [1.29, 1.82) is 0 Å². The molecule has 3 rings (SSSR count). The molecule has 2 aromatic carbocycles. The molecule has 1 unspecified atom stereocenters. The number of nitrogens with one attached hydrogen (secondary N) is 2. The van der Waals surface area contributed by atoms with Crippen molar-refractivity contribution < 1.29 is 4.79 Å². The van der Waals surface area contributed by atoms with E-state index < -0.39 is 11.6 Å². The first-order chi connectivity index (χ1) is 13.0. The fraction of sp³-hybridized carbons (Fsp3) is 0.105. The molecule has 0 saturated carbocycles. The van der Waals surface area contributed by atoms with Crippen LogP contribution in [0.1, 0.15) is 6.92 Å². The van der Waals surface area contributed by atoms with Crippen LogP contribution in [0.15, 0.2) is 65.6 Å². The molecule has 0 aliphatic carbocycles. The molecule has 8 heteroatoms. The molecule has 1 atom stereocenters. The van der Waals surface area contributed by atoms with Crippen LogP contribution in [0.2, 0.25) is 10.0 Å². The lowest BCUT2D eigenvalue weighted by atomic mass is 10.2. The summed E-state index contributed by atoms with van der Waals surface area (Å²) in [5, 5.41) is 10.3. The zero-order chi connectivity index (χ0) is 19.4. The third kappa shape index (κ3) is 4.48. The molecule has 138 valence electrons. The summed E-state index contributed by atoms with van der Waals surface area (Å²) in [4.78, 5) is 24.8. The monoisotopic (exact) mass is 402 g/mol. The fourth-order valence-corrected chi connectivity index (χ4v) is 2.68. The second kappa shape index (κ2) is 8.24. The van der Waals surface area contributed by atoms with Crippen molar-refractivity contribution in [2.45, 2.75) is 13.0 Å². The van der Waals surface area contributed by atoms with Crippen molar-refractivity contribution in [1.82, 2.24) is 9.78 Å². The van der Waals surface area contributed by atoms with Gasteiger partial charge < -0.3 is 10.6 Å². The number of rotatable bonds is 5. The topological polar surface area (TPSA) is 76.0 Å². The lowest BCUT2D eigenvalue weighted by molar-refractivity contribution is -0.116. The number of nitrogens with zero attached hydrogens (tertiary/aromatic N) is 2. The number of benzene rings is 2. The summed E-state index contributed by atoms with van der Waals surface area (Å²) < 4.78 is 1.17. The number of anilines is 2. The Morgan fingerprint density at radius 1 is 1.07 bits per heavy atom. The summed E-state index contributed by atoms with van der Waals surface area (Å²) in [5.41, 5.74) is 0.994. The minimum absolute atomic E-state index is 0.0562. The predicted octanol–water partition coefficient (Wildman–Crippen LogP) is 3.98. The molecular weight excluding hydrogens is 387 g/mol. The number of carbonyl (C=O) groups is 1. The van der Waals surface area contributed by atoms with Crippen molar-refractivity contribution in [3.63, 3.8) is 0 Å². The Balaban J connectivity index is 1.77. The Bertz CT molecular complexity index is 1000. The summed E-state index contributed by atoms with van der Waals surface area (Å²) in [6.45, 7) is 1.67. The van der Waals surface area contributed by atoms with Gasteiger partial charge in [-0.3, -0.25) is 9.59 Å². The van der Waals surface area contributed by atoms with Crippen LogP contribution in [0.5, 0.6) is 0 Å². The van der Waals surface area contributed by atoms with Crippen LogP contribution in [0.3, 0.4) is 0 Å². The van der Waals surface area contributed by atoms with Gasteiger partial charge in [-0.1, -0.05) is 41.4 Å². The highest BCUT2D eigenvalue weighted by molar-refractivity contribution is 6.33. The van der Waals surface area contributed by atoms with Crippen LogP contribution in [0.25, 0.3) is 5.69 Å². The lowest BCUT2D eigenvalue weighted by Crippen LogP contribution is -2.33. The first-order valence-corrected chi connectivity index (χ1v) is 8.87. The van der Waals surface area contributed by atoms with Crippen molar-refractivity contribution in [2.75, 3.05) is 10.6 Å². The van der Waals surface area contributed by atoms with Crippen molar-refractivity contribution in [3.8, 4) is 5.69 Å². The second-order valence-electron chi connectivity index (χ2n) is 5.79. The lowest BCUT2D eigenvalue weighted by Gasteiger charge is -2.16. The largest absolute Gasteiger partial charge is 0.371 e. The molecule has 0 saturated heterocycles. The molecule has 0 bridgehead atoms. The van der Waals surface area contributed by atoms with E-state index in [1.165, 1.54) is 10.9 Å². The number of amides is 1. The maximum absolute atomic E-state index is 12.5.